The number of ether oxygens (including phenoxy) is 1. The van der Waals surface area contributed by atoms with Gasteiger partial charge in [0.1, 0.15) is 10.4 Å². The molecule has 0 aliphatic carbocycles. The van der Waals surface area contributed by atoms with Crippen molar-refractivity contribution in [3.05, 3.63) is 29.3 Å². The van der Waals surface area contributed by atoms with E-state index >= 15 is 0 Å². The lowest BCUT2D eigenvalue weighted by molar-refractivity contribution is 0.0600. The Balaban J connectivity index is 2.35. The number of esters is 1. The predicted octanol–water partition coefficient (Wildman–Crippen LogP) is 0.708. The number of sulfonamides is 1. The average Bonchev–Trinajstić information content (AvgIpc) is 2.89. The summed E-state index contributed by atoms with van der Waals surface area (Å²) in [7, 11) is -2.66. The number of nitrogens with zero attached hydrogens (tertiary/aromatic N) is 2. The Kier molecular flexibility index (Phi) is 3.86. The first-order chi connectivity index (χ1) is 9.44. The first-order valence-electron chi connectivity index (χ1n) is 5.21. The van der Waals surface area contributed by atoms with Crippen molar-refractivity contribution in [2.45, 2.75) is 4.90 Å². The van der Waals surface area contributed by atoms with Crippen LogP contribution < -0.4 is 10.5 Å². The van der Waals surface area contributed by atoms with E-state index in [-0.39, 0.29) is 21.3 Å². The van der Waals surface area contributed by atoms with Gasteiger partial charge in [0.15, 0.2) is 0 Å². The first-order valence-corrected chi connectivity index (χ1v) is 7.57. The van der Waals surface area contributed by atoms with Crippen molar-refractivity contribution in [2.24, 2.45) is 0 Å². The standard InChI is InChI=1S/C10H10N4O4S2/c1-18-9(15)6-2-3-8(7(11)4-6)20(16,17)14-10-13-12-5-19-10/h2-5H,11H2,1H3,(H,13,14). The Bertz CT molecular complexity index is 728. The van der Waals surface area contributed by atoms with E-state index < -0.39 is 16.0 Å². The Morgan fingerprint density at radius 1 is 1.45 bits per heavy atom. The number of nitrogens with one attached hydrogen (secondary N) is 1. The topological polar surface area (TPSA) is 124 Å². The van der Waals surface area contributed by atoms with Crippen LogP contribution in [-0.4, -0.2) is 31.7 Å². The molecule has 3 N–H and O–H groups in total. The number of anilines is 2. The highest BCUT2D eigenvalue weighted by Crippen LogP contribution is 2.23. The molecule has 0 saturated carbocycles. The minimum absolute atomic E-state index is 0.0649. The summed E-state index contributed by atoms with van der Waals surface area (Å²) in [5.41, 5.74) is 7.16. The van der Waals surface area contributed by atoms with Gasteiger partial charge in [0.05, 0.1) is 18.4 Å². The van der Waals surface area contributed by atoms with Crippen molar-refractivity contribution in [1.82, 2.24) is 10.2 Å². The number of nitrogens with two attached hydrogens (primary N) is 1. The summed E-state index contributed by atoms with van der Waals surface area (Å²) >= 11 is 1.03. The summed E-state index contributed by atoms with van der Waals surface area (Å²) in [5.74, 6) is -0.599. The van der Waals surface area contributed by atoms with Gasteiger partial charge in [-0.1, -0.05) is 11.3 Å². The van der Waals surface area contributed by atoms with E-state index in [0.717, 1.165) is 11.3 Å². The van der Waals surface area contributed by atoms with E-state index in [2.05, 4.69) is 19.7 Å². The van der Waals surface area contributed by atoms with Gasteiger partial charge in [-0.25, -0.2) is 13.2 Å². The van der Waals surface area contributed by atoms with Gasteiger partial charge in [-0.3, -0.25) is 4.72 Å². The lowest BCUT2D eigenvalue weighted by Crippen LogP contribution is -2.15. The van der Waals surface area contributed by atoms with Gasteiger partial charge in [-0.2, -0.15) is 0 Å². The number of aromatic nitrogens is 2. The average molecular weight is 314 g/mol. The molecule has 0 atom stereocenters. The van der Waals surface area contributed by atoms with Gasteiger partial charge in [-0.05, 0) is 18.2 Å². The van der Waals surface area contributed by atoms with Crippen LogP contribution in [-0.2, 0) is 14.8 Å². The molecule has 8 nitrogen and oxygen atoms in total. The second-order valence-corrected chi connectivity index (χ2v) is 6.08. The van der Waals surface area contributed by atoms with E-state index in [4.69, 9.17) is 5.73 Å². The van der Waals surface area contributed by atoms with Gasteiger partial charge < -0.3 is 10.5 Å². The third-order valence-electron chi connectivity index (χ3n) is 2.30. The molecule has 1 aromatic carbocycles. The van der Waals surface area contributed by atoms with Crippen molar-refractivity contribution in [1.29, 1.82) is 0 Å². The molecule has 0 radical (unpaired) electrons. The van der Waals surface area contributed by atoms with Gasteiger partial charge in [0.25, 0.3) is 10.0 Å². The number of nitrogen functional groups attached to an aromatic ring is 1. The monoisotopic (exact) mass is 314 g/mol. The first kappa shape index (κ1) is 14.2. The highest BCUT2D eigenvalue weighted by atomic mass is 32.2. The molecule has 0 unspecified atom stereocenters. The van der Waals surface area contributed by atoms with Crippen LogP contribution >= 0.6 is 11.3 Å². The molecule has 2 aromatic rings. The number of rotatable bonds is 4. The zero-order valence-electron chi connectivity index (χ0n) is 10.2. The molecule has 0 spiro atoms. The van der Waals surface area contributed by atoms with Crippen LogP contribution in [0.25, 0.3) is 0 Å². The zero-order valence-corrected chi connectivity index (χ0v) is 11.9. The molecule has 0 bridgehead atoms. The molecule has 0 fully saturated rings. The van der Waals surface area contributed by atoms with Crippen molar-refractivity contribution in [3.8, 4) is 0 Å². The number of carbonyl (C=O) groups is 1. The lowest BCUT2D eigenvalue weighted by atomic mass is 10.2. The molecule has 1 aromatic heterocycles. The molecule has 10 heteroatoms. The second-order valence-electron chi connectivity index (χ2n) is 3.59. The number of benzene rings is 1. The smallest absolute Gasteiger partial charge is 0.337 e. The predicted molar refractivity (Wildman–Crippen MR) is 72.9 cm³/mol. The largest absolute Gasteiger partial charge is 0.465 e. The molecule has 0 saturated heterocycles. The van der Waals surface area contributed by atoms with Crippen molar-refractivity contribution in [2.75, 3.05) is 17.6 Å². The second kappa shape index (κ2) is 5.43. The number of carbonyl (C=O) groups excluding carboxylic acids is 1. The fourth-order valence-corrected chi connectivity index (χ4v) is 3.23. The van der Waals surface area contributed by atoms with Crippen LogP contribution in [0.2, 0.25) is 0 Å². The molecule has 1 heterocycles. The number of hydrogen-bond acceptors (Lipinski definition) is 8. The van der Waals surface area contributed by atoms with E-state index in [0.29, 0.717) is 0 Å². The van der Waals surface area contributed by atoms with Crippen molar-refractivity contribution < 1.29 is 17.9 Å². The fourth-order valence-electron chi connectivity index (χ4n) is 1.43. The summed E-state index contributed by atoms with van der Waals surface area (Å²) in [4.78, 5) is 11.2. The maximum atomic E-state index is 12.1. The number of hydrogen-bond donors (Lipinski definition) is 2. The lowest BCUT2D eigenvalue weighted by Gasteiger charge is -2.08. The minimum atomic E-state index is -3.88. The molecule has 106 valence electrons. The molecule has 0 aliphatic rings. The summed E-state index contributed by atoms with van der Waals surface area (Å²) < 4.78 is 31.0. The maximum Gasteiger partial charge on any atom is 0.337 e. The summed E-state index contributed by atoms with van der Waals surface area (Å²) in [6.07, 6.45) is 0. The summed E-state index contributed by atoms with van der Waals surface area (Å²) in [5, 5.41) is 7.23. The Hall–Kier alpha value is -2.20. The van der Waals surface area contributed by atoms with Crippen molar-refractivity contribution >= 4 is 38.1 Å². The van der Waals surface area contributed by atoms with E-state index in [1.807, 2.05) is 0 Å². The van der Waals surface area contributed by atoms with E-state index in [1.165, 1.54) is 30.8 Å². The third kappa shape index (κ3) is 2.86. The molecular formula is C10H10N4O4S2. The van der Waals surface area contributed by atoms with Crippen LogP contribution in [0.4, 0.5) is 10.8 Å². The number of methoxy groups -OCH3 is 1. The van der Waals surface area contributed by atoms with Gasteiger partial charge in [0, 0.05) is 0 Å². The van der Waals surface area contributed by atoms with Crippen molar-refractivity contribution in [3.63, 3.8) is 0 Å². The van der Waals surface area contributed by atoms with Gasteiger partial charge >= 0.3 is 5.97 Å². The summed E-state index contributed by atoms with van der Waals surface area (Å²) in [6.45, 7) is 0. The Morgan fingerprint density at radius 3 is 2.75 bits per heavy atom. The normalized spacial score (nSPS) is 11.1. The van der Waals surface area contributed by atoms with Gasteiger partial charge in [0.2, 0.25) is 5.13 Å². The SMILES string of the molecule is COC(=O)c1ccc(S(=O)(=O)Nc2nncs2)c(N)c1. The Labute approximate surface area is 118 Å². The highest BCUT2D eigenvalue weighted by molar-refractivity contribution is 7.93. The Morgan fingerprint density at radius 2 is 2.20 bits per heavy atom. The third-order valence-corrected chi connectivity index (χ3v) is 4.45. The van der Waals surface area contributed by atoms with Crippen LogP contribution in [0, 0.1) is 0 Å². The highest BCUT2D eigenvalue weighted by Gasteiger charge is 2.20. The van der Waals surface area contributed by atoms with E-state index in [9.17, 15) is 13.2 Å². The molecule has 2 rings (SSSR count). The fraction of sp³-hybridized carbons (Fsp3) is 0.100. The van der Waals surface area contributed by atoms with E-state index in [1.54, 1.807) is 0 Å². The molecule has 0 amide bonds. The quantitative estimate of drug-likeness (QED) is 0.629. The van der Waals surface area contributed by atoms with Crippen LogP contribution in [0.3, 0.4) is 0 Å². The molecule has 20 heavy (non-hydrogen) atoms. The van der Waals surface area contributed by atoms with Crippen LogP contribution in [0.15, 0.2) is 28.6 Å². The van der Waals surface area contributed by atoms with Crippen LogP contribution in [0.5, 0.6) is 0 Å². The summed E-state index contributed by atoms with van der Waals surface area (Å²) in [6, 6.07) is 3.78. The minimum Gasteiger partial charge on any atom is -0.465 e. The zero-order chi connectivity index (χ0) is 14.8. The van der Waals surface area contributed by atoms with Gasteiger partial charge in [-0.15, -0.1) is 10.2 Å². The molecular weight excluding hydrogens is 304 g/mol. The maximum absolute atomic E-state index is 12.1. The van der Waals surface area contributed by atoms with Crippen LogP contribution in [0.1, 0.15) is 10.4 Å². The molecule has 0 aliphatic heterocycles.